The van der Waals surface area contributed by atoms with Crippen LogP contribution >= 0.6 is 35.0 Å². The van der Waals surface area contributed by atoms with Gasteiger partial charge in [-0.3, -0.25) is 20.4 Å². The maximum Gasteiger partial charge on any atom is 0.248 e. The van der Waals surface area contributed by atoms with Crippen molar-refractivity contribution in [3.8, 4) is 0 Å². The van der Waals surface area contributed by atoms with E-state index in [0.717, 1.165) is 11.1 Å². The first-order valence-corrected chi connectivity index (χ1v) is 9.08. The van der Waals surface area contributed by atoms with E-state index in [4.69, 9.17) is 23.2 Å². The van der Waals surface area contributed by atoms with Crippen molar-refractivity contribution in [1.29, 1.82) is 0 Å². The molecule has 0 spiro atoms. The van der Waals surface area contributed by atoms with Crippen LogP contribution in [0.4, 0.5) is 0 Å². The molecule has 2 rings (SSSR count). The highest BCUT2D eigenvalue weighted by Gasteiger charge is 2.06. The number of nitrogens with one attached hydrogen (secondary N) is 2. The number of hydrazine groups is 1. The summed E-state index contributed by atoms with van der Waals surface area (Å²) in [5.41, 5.74) is 6.71. The van der Waals surface area contributed by atoms with Crippen LogP contribution in [0, 0.1) is 0 Å². The fourth-order valence-electron chi connectivity index (χ4n) is 1.85. The first-order valence-electron chi connectivity index (χ1n) is 7.17. The quantitative estimate of drug-likeness (QED) is 0.750. The maximum atomic E-state index is 11.8. The van der Waals surface area contributed by atoms with E-state index in [-0.39, 0.29) is 24.0 Å². The molecule has 0 aromatic heterocycles. The molecule has 0 aliphatic carbocycles. The Labute approximate surface area is 154 Å². The minimum atomic E-state index is -0.284. The molecule has 126 valence electrons. The van der Waals surface area contributed by atoms with Crippen LogP contribution in [-0.4, -0.2) is 17.6 Å². The normalized spacial score (nSPS) is 10.2. The van der Waals surface area contributed by atoms with Crippen molar-refractivity contribution in [2.24, 2.45) is 0 Å². The molecule has 0 atom stereocenters. The standard InChI is InChI=1S/C17H16Cl2N2O2S/c18-14-5-1-12(2-6-14)9-16(22)20-21-17(23)11-24-10-13-3-7-15(19)8-4-13/h1-8H,9-11H2,(H,20,22)(H,21,23). The van der Waals surface area contributed by atoms with E-state index in [1.165, 1.54) is 11.8 Å². The van der Waals surface area contributed by atoms with Crippen molar-refractivity contribution in [2.45, 2.75) is 12.2 Å². The zero-order chi connectivity index (χ0) is 17.4. The van der Waals surface area contributed by atoms with Crippen LogP contribution in [0.1, 0.15) is 11.1 Å². The van der Waals surface area contributed by atoms with Crippen LogP contribution in [-0.2, 0) is 21.8 Å². The molecule has 0 aliphatic rings. The lowest BCUT2D eigenvalue weighted by atomic mass is 10.1. The summed E-state index contributed by atoms with van der Waals surface area (Å²) >= 11 is 13.1. The number of carbonyl (C=O) groups excluding carboxylic acids is 2. The SMILES string of the molecule is O=C(CSCc1ccc(Cl)cc1)NNC(=O)Cc1ccc(Cl)cc1. The lowest BCUT2D eigenvalue weighted by Gasteiger charge is -2.07. The van der Waals surface area contributed by atoms with Crippen LogP contribution in [0.5, 0.6) is 0 Å². The molecular formula is C17H16Cl2N2O2S. The monoisotopic (exact) mass is 382 g/mol. The zero-order valence-corrected chi connectivity index (χ0v) is 15.0. The Morgan fingerprint density at radius 3 is 1.88 bits per heavy atom. The van der Waals surface area contributed by atoms with Gasteiger partial charge in [0.1, 0.15) is 0 Å². The lowest BCUT2D eigenvalue weighted by Crippen LogP contribution is -2.43. The number of hydrogen-bond donors (Lipinski definition) is 2. The molecule has 24 heavy (non-hydrogen) atoms. The summed E-state index contributed by atoms with van der Waals surface area (Å²) in [5, 5.41) is 1.30. The third kappa shape index (κ3) is 6.83. The molecule has 0 aliphatic heterocycles. The van der Waals surface area contributed by atoms with Crippen molar-refractivity contribution in [2.75, 3.05) is 5.75 Å². The van der Waals surface area contributed by atoms with Gasteiger partial charge in [-0.15, -0.1) is 11.8 Å². The number of thioether (sulfide) groups is 1. The molecule has 0 saturated carbocycles. The number of halogens is 2. The molecule has 0 heterocycles. The van der Waals surface area contributed by atoms with E-state index in [1.54, 1.807) is 24.3 Å². The van der Waals surface area contributed by atoms with Gasteiger partial charge >= 0.3 is 0 Å². The summed E-state index contributed by atoms with van der Waals surface area (Å²) < 4.78 is 0. The Hall–Kier alpha value is -1.69. The van der Waals surface area contributed by atoms with Gasteiger partial charge in [0.2, 0.25) is 11.8 Å². The van der Waals surface area contributed by atoms with Gasteiger partial charge in [0.15, 0.2) is 0 Å². The molecule has 2 aromatic carbocycles. The summed E-state index contributed by atoms with van der Waals surface area (Å²) in [6.45, 7) is 0. The van der Waals surface area contributed by atoms with Crippen molar-refractivity contribution in [1.82, 2.24) is 10.9 Å². The van der Waals surface area contributed by atoms with Crippen LogP contribution in [0.15, 0.2) is 48.5 Å². The molecule has 7 heteroatoms. The minimum absolute atomic E-state index is 0.176. The number of carbonyl (C=O) groups is 2. The van der Waals surface area contributed by atoms with Crippen molar-refractivity contribution >= 4 is 46.8 Å². The maximum absolute atomic E-state index is 11.8. The second-order valence-electron chi connectivity index (χ2n) is 5.02. The second-order valence-corrected chi connectivity index (χ2v) is 6.88. The highest BCUT2D eigenvalue weighted by atomic mass is 35.5. The summed E-state index contributed by atoms with van der Waals surface area (Å²) in [7, 11) is 0. The molecule has 0 fully saturated rings. The Morgan fingerprint density at radius 2 is 1.29 bits per heavy atom. The molecular weight excluding hydrogens is 367 g/mol. The van der Waals surface area contributed by atoms with Gasteiger partial charge in [-0.05, 0) is 35.4 Å². The molecule has 2 amide bonds. The lowest BCUT2D eigenvalue weighted by molar-refractivity contribution is -0.127. The molecule has 4 nitrogen and oxygen atoms in total. The smallest absolute Gasteiger partial charge is 0.248 e. The predicted octanol–water partition coefficient (Wildman–Crippen LogP) is 3.62. The minimum Gasteiger partial charge on any atom is -0.273 e. The largest absolute Gasteiger partial charge is 0.273 e. The number of amides is 2. The van der Waals surface area contributed by atoms with Crippen LogP contribution in [0.2, 0.25) is 10.0 Å². The van der Waals surface area contributed by atoms with Gasteiger partial charge in [0, 0.05) is 15.8 Å². The van der Waals surface area contributed by atoms with Gasteiger partial charge in [0.05, 0.1) is 12.2 Å². The Kier molecular flexibility index (Phi) is 7.43. The molecule has 0 unspecified atom stereocenters. The van der Waals surface area contributed by atoms with Gasteiger partial charge in [0.25, 0.3) is 0 Å². The molecule has 2 aromatic rings. The summed E-state index contributed by atoms with van der Waals surface area (Å²) in [6, 6.07) is 14.4. The fraction of sp³-hybridized carbons (Fsp3) is 0.176. The van der Waals surface area contributed by atoms with E-state index in [1.807, 2.05) is 24.3 Å². The van der Waals surface area contributed by atoms with Crippen LogP contribution < -0.4 is 10.9 Å². The van der Waals surface area contributed by atoms with Gasteiger partial charge in [-0.2, -0.15) is 0 Å². The summed E-state index contributed by atoms with van der Waals surface area (Å²) in [5.74, 6) is 0.416. The number of hydrogen-bond acceptors (Lipinski definition) is 3. The van der Waals surface area contributed by atoms with Crippen molar-refractivity contribution in [3.63, 3.8) is 0 Å². The van der Waals surface area contributed by atoms with E-state index in [2.05, 4.69) is 10.9 Å². The highest BCUT2D eigenvalue weighted by molar-refractivity contribution is 7.99. The average molecular weight is 383 g/mol. The average Bonchev–Trinajstić information content (AvgIpc) is 2.57. The van der Waals surface area contributed by atoms with E-state index in [0.29, 0.717) is 15.8 Å². The fourth-order valence-corrected chi connectivity index (χ4v) is 2.89. The topological polar surface area (TPSA) is 58.2 Å². The van der Waals surface area contributed by atoms with Crippen LogP contribution in [0.25, 0.3) is 0 Å². The van der Waals surface area contributed by atoms with Gasteiger partial charge in [-0.1, -0.05) is 47.5 Å². The van der Waals surface area contributed by atoms with Crippen molar-refractivity contribution in [3.05, 3.63) is 69.7 Å². The molecule has 0 bridgehead atoms. The summed E-state index contributed by atoms with van der Waals surface area (Å²) in [6.07, 6.45) is 0.176. The molecule has 0 saturated heterocycles. The Morgan fingerprint density at radius 1 is 0.792 bits per heavy atom. The van der Waals surface area contributed by atoms with E-state index in [9.17, 15) is 9.59 Å². The molecule has 0 radical (unpaired) electrons. The Bertz CT molecular complexity index is 691. The summed E-state index contributed by atoms with van der Waals surface area (Å²) in [4.78, 5) is 23.5. The first kappa shape index (κ1) is 18.6. The van der Waals surface area contributed by atoms with E-state index < -0.39 is 0 Å². The zero-order valence-electron chi connectivity index (χ0n) is 12.7. The highest BCUT2D eigenvalue weighted by Crippen LogP contribution is 2.15. The molecule has 2 N–H and O–H groups in total. The van der Waals surface area contributed by atoms with Crippen molar-refractivity contribution < 1.29 is 9.59 Å². The predicted molar refractivity (Wildman–Crippen MR) is 99.1 cm³/mol. The first-order chi connectivity index (χ1) is 11.5. The third-order valence-corrected chi connectivity index (χ3v) is 4.54. The van der Waals surface area contributed by atoms with Crippen LogP contribution in [0.3, 0.4) is 0 Å². The third-order valence-electron chi connectivity index (χ3n) is 3.03. The Balaban J connectivity index is 1.64. The number of benzene rings is 2. The van der Waals surface area contributed by atoms with Gasteiger partial charge in [-0.25, -0.2) is 0 Å². The number of rotatable bonds is 6. The van der Waals surface area contributed by atoms with E-state index >= 15 is 0 Å². The second kappa shape index (κ2) is 9.57. The van der Waals surface area contributed by atoms with Gasteiger partial charge < -0.3 is 0 Å².